The van der Waals surface area contributed by atoms with Gasteiger partial charge in [-0.2, -0.15) is 0 Å². The summed E-state index contributed by atoms with van der Waals surface area (Å²) >= 11 is 5.76. The topological polar surface area (TPSA) is 77.8 Å². The number of rotatable bonds is 3. The van der Waals surface area contributed by atoms with E-state index in [1.54, 1.807) is 0 Å². The molecule has 1 aliphatic heterocycles. The van der Waals surface area contributed by atoms with Gasteiger partial charge in [0.05, 0.1) is 10.7 Å². The minimum absolute atomic E-state index is 0.0571. The van der Waals surface area contributed by atoms with Crippen LogP contribution in [0.25, 0.3) is 0 Å². The highest BCUT2D eigenvalue weighted by Crippen LogP contribution is 2.34. The number of aliphatic hydroxyl groups excluding tert-OH is 1. The highest BCUT2D eigenvalue weighted by Gasteiger charge is 2.35. The van der Waals surface area contributed by atoms with Crippen molar-refractivity contribution >= 4 is 29.2 Å². The summed E-state index contributed by atoms with van der Waals surface area (Å²) in [6.07, 6.45) is 0.0571. The third-order valence-corrected chi connectivity index (χ3v) is 3.34. The molecule has 2 N–H and O–H groups in total. The number of aromatic carboxylic acids is 1. The van der Waals surface area contributed by atoms with Gasteiger partial charge in [-0.05, 0) is 12.1 Å². The zero-order chi connectivity index (χ0) is 14.2. The Hall–Kier alpha value is -1.66. The zero-order valence-corrected chi connectivity index (χ0v) is 10.5. The fraction of sp³-hybridized carbons (Fsp3) is 0.333. The van der Waals surface area contributed by atoms with Crippen molar-refractivity contribution in [3.05, 3.63) is 28.5 Å². The summed E-state index contributed by atoms with van der Waals surface area (Å²) in [6, 6.07) is 2.15. The van der Waals surface area contributed by atoms with Crippen molar-refractivity contribution in [3.63, 3.8) is 0 Å². The molecular weight excluding hydrogens is 277 g/mol. The van der Waals surface area contributed by atoms with Gasteiger partial charge < -0.3 is 15.1 Å². The molecule has 0 spiro atoms. The summed E-state index contributed by atoms with van der Waals surface area (Å²) in [5.74, 6) is -2.98. The first-order chi connectivity index (χ1) is 8.95. The Bertz CT molecular complexity index is 549. The molecule has 19 heavy (non-hydrogen) atoms. The van der Waals surface area contributed by atoms with Crippen LogP contribution in [0.3, 0.4) is 0 Å². The summed E-state index contributed by atoms with van der Waals surface area (Å²) in [5.41, 5.74) is -0.769. The largest absolute Gasteiger partial charge is 0.478 e. The van der Waals surface area contributed by atoms with Crippen LogP contribution in [0.1, 0.15) is 16.8 Å². The Morgan fingerprint density at radius 3 is 2.74 bits per heavy atom. The second-order valence-electron chi connectivity index (χ2n) is 4.32. The monoisotopic (exact) mass is 287 g/mol. The van der Waals surface area contributed by atoms with E-state index in [4.69, 9.17) is 21.8 Å². The molecule has 0 aliphatic carbocycles. The van der Waals surface area contributed by atoms with Crippen LogP contribution in [0.2, 0.25) is 5.02 Å². The van der Waals surface area contributed by atoms with Gasteiger partial charge in [0.25, 0.3) is 0 Å². The molecule has 2 rings (SSSR count). The second-order valence-corrected chi connectivity index (χ2v) is 4.72. The molecule has 1 saturated heterocycles. The maximum Gasteiger partial charge on any atom is 0.339 e. The number of carbonyl (C=O) groups excluding carboxylic acids is 1. The number of carboxylic acids is 1. The Labute approximate surface area is 113 Å². The van der Waals surface area contributed by atoms with Crippen molar-refractivity contribution in [3.8, 4) is 0 Å². The standard InChI is InChI=1S/C12H11ClFNO4/c13-7-1-2-8(14)11(10(7)12(18)19)15-4-6(5-16)3-9(15)17/h1-2,6,16H,3-5H2,(H,18,19). The first kappa shape index (κ1) is 13.8. The van der Waals surface area contributed by atoms with Crippen LogP contribution >= 0.6 is 11.6 Å². The van der Waals surface area contributed by atoms with E-state index >= 15 is 0 Å². The second kappa shape index (κ2) is 5.14. The molecule has 1 aliphatic rings. The number of nitrogens with zero attached hydrogens (tertiary/aromatic N) is 1. The van der Waals surface area contributed by atoms with E-state index in [9.17, 15) is 14.0 Å². The summed E-state index contributed by atoms with van der Waals surface area (Å²) in [4.78, 5) is 24.0. The average molecular weight is 288 g/mol. The van der Waals surface area contributed by atoms with Crippen LogP contribution in [0.5, 0.6) is 0 Å². The van der Waals surface area contributed by atoms with Crippen molar-refractivity contribution in [2.75, 3.05) is 18.1 Å². The summed E-state index contributed by atoms with van der Waals surface area (Å²) in [7, 11) is 0. The van der Waals surface area contributed by atoms with E-state index < -0.39 is 23.3 Å². The summed E-state index contributed by atoms with van der Waals surface area (Å²) in [5, 5.41) is 18.0. The van der Waals surface area contributed by atoms with Gasteiger partial charge in [-0.3, -0.25) is 4.79 Å². The normalized spacial score (nSPS) is 19.0. The molecule has 102 valence electrons. The molecule has 1 aromatic carbocycles. The predicted octanol–water partition coefficient (Wildman–Crippen LogP) is 1.52. The highest BCUT2D eigenvalue weighted by atomic mass is 35.5. The van der Waals surface area contributed by atoms with Crippen LogP contribution in [0.4, 0.5) is 10.1 Å². The first-order valence-electron chi connectivity index (χ1n) is 5.58. The fourth-order valence-corrected chi connectivity index (χ4v) is 2.36. The smallest absolute Gasteiger partial charge is 0.339 e. The number of amides is 1. The van der Waals surface area contributed by atoms with Crippen molar-refractivity contribution in [2.24, 2.45) is 5.92 Å². The van der Waals surface area contributed by atoms with Gasteiger partial charge in [-0.25, -0.2) is 9.18 Å². The van der Waals surface area contributed by atoms with Crippen LogP contribution in [0, 0.1) is 11.7 Å². The first-order valence-corrected chi connectivity index (χ1v) is 5.96. The summed E-state index contributed by atoms with van der Waals surface area (Å²) in [6.45, 7) is -0.139. The minimum atomic E-state index is -1.40. The minimum Gasteiger partial charge on any atom is -0.478 e. The number of anilines is 1. The van der Waals surface area contributed by atoms with Gasteiger partial charge in [0, 0.05) is 25.5 Å². The van der Waals surface area contributed by atoms with Gasteiger partial charge in [0.2, 0.25) is 5.91 Å². The van der Waals surface area contributed by atoms with Crippen LogP contribution in [-0.2, 0) is 4.79 Å². The molecule has 5 nitrogen and oxygen atoms in total. The molecule has 0 saturated carbocycles. The lowest BCUT2D eigenvalue weighted by Crippen LogP contribution is -2.28. The Balaban J connectivity index is 2.53. The third kappa shape index (κ3) is 2.41. The molecule has 1 unspecified atom stereocenters. The summed E-state index contributed by atoms with van der Waals surface area (Å²) < 4.78 is 13.9. The molecule has 1 atom stereocenters. The van der Waals surface area contributed by atoms with Gasteiger partial charge in [0.15, 0.2) is 0 Å². The molecular formula is C12H11ClFNO4. The number of carboxylic acid groups (broad SMARTS) is 1. The van der Waals surface area contributed by atoms with Gasteiger partial charge in [-0.15, -0.1) is 0 Å². The number of halogens is 2. The number of hydrogen-bond donors (Lipinski definition) is 2. The zero-order valence-electron chi connectivity index (χ0n) is 9.77. The van der Waals surface area contributed by atoms with E-state index in [1.165, 1.54) is 0 Å². The lowest BCUT2D eigenvalue weighted by atomic mass is 10.1. The molecule has 0 bridgehead atoms. The Morgan fingerprint density at radius 1 is 1.53 bits per heavy atom. The quantitative estimate of drug-likeness (QED) is 0.883. The van der Waals surface area contributed by atoms with Crippen molar-refractivity contribution < 1.29 is 24.2 Å². The molecule has 0 aromatic heterocycles. The lowest BCUT2D eigenvalue weighted by Gasteiger charge is -2.20. The van der Waals surface area contributed by atoms with E-state index in [-0.39, 0.29) is 36.2 Å². The number of hydrogen-bond acceptors (Lipinski definition) is 3. The SMILES string of the molecule is O=C(O)c1c(Cl)ccc(F)c1N1CC(CO)CC1=O. The molecule has 1 fully saturated rings. The number of carbonyl (C=O) groups is 2. The van der Waals surface area contributed by atoms with E-state index in [0.717, 1.165) is 17.0 Å². The van der Waals surface area contributed by atoms with Crippen molar-refractivity contribution in [1.82, 2.24) is 0 Å². The van der Waals surface area contributed by atoms with E-state index in [1.807, 2.05) is 0 Å². The number of aliphatic hydroxyl groups is 1. The third-order valence-electron chi connectivity index (χ3n) is 3.02. The maximum absolute atomic E-state index is 13.9. The fourth-order valence-electron chi connectivity index (χ4n) is 2.13. The van der Waals surface area contributed by atoms with Gasteiger partial charge in [-0.1, -0.05) is 11.6 Å². The lowest BCUT2D eigenvalue weighted by molar-refractivity contribution is -0.117. The molecule has 0 radical (unpaired) electrons. The molecule has 1 heterocycles. The predicted molar refractivity (Wildman–Crippen MR) is 65.9 cm³/mol. The Morgan fingerprint density at radius 2 is 2.21 bits per heavy atom. The molecule has 1 aromatic rings. The van der Waals surface area contributed by atoms with Crippen molar-refractivity contribution in [1.29, 1.82) is 0 Å². The van der Waals surface area contributed by atoms with E-state index in [0.29, 0.717) is 0 Å². The van der Waals surface area contributed by atoms with Crippen LogP contribution < -0.4 is 4.90 Å². The average Bonchev–Trinajstić information content (AvgIpc) is 2.72. The molecule has 1 amide bonds. The Kier molecular flexibility index (Phi) is 3.73. The maximum atomic E-state index is 13.9. The van der Waals surface area contributed by atoms with Gasteiger partial charge in [0.1, 0.15) is 11.4 Å². The van der Waals surface area contributed by atoms with Crippen LogP contribution in [-0.4, -0.2) is 35.2 Å². The highest BCUT2D eigenvalue weighted by molar-refractivity contribution is 6.34. The van der Waals surface area contributed by atoms with Crippen molar-refractivity contribution in [2.45, 2.75) is 6.42 Å². The van der Waals surface area contributed by atoms with E-state index in [2.05, 4.69) is 0 Å². The molecule has 7 heteroatoms. The van der Waals surface area contributed by atoms with Crippen LogP contribution in [0.15, 0.2) is 12.1 Å². The number of benzene rings is 1. The van der Waals surface area contributed by atoms with Gasteiger partial charge >= 0.3 is 5.97 Å².